The van der Waals surface area contributed by atoms with Crippen LogP contribution < -0.4 is 4.90 Å². The van der Waals surface area contributed by atoms with Gasteiger partial charge in [0.1, 0.15) is 0 Å². The van der Waals surface area contributed by atoms with Gasteiger partial charge in [0.15, 0.2) is 4.77 Å². The lowest BCUT2D eigenvalue weighted by Gasteiger charge is -2.34. The Morgan fingerprint density at radius 1 is 1.19 bits per heavy atom. The van der Waals surface area contributed by atoms with Crippen LogP contribution >= 0.6 is 12.2 Å². The van der Waals surface area contributed by atoms with Crippen molar-refractivity contribution >= 4 is 18.2 Å². The number of piperidine rings is 1. The molecule has 1 saturated carbocycles. The van der Waals surface area contributed by atoms with Crippen LogP contribution in [0.4, 0.5) is 5.95 Å². The van der Waals surface area contributed by atoms with Crippen LogP contribution in [-0.2, 0) is 0 Å². The van der Waals surface area contributed by atoms with Crippen LogP contribution in [0.3, 0.4) is 0 Å². The second-order valence-corrected chi connectivity index (χ2v) is 7.22. The standard InChI is InChI=1S/C15H27N5S/c1-18(2)11-12-7-9-19(10-8-12)14-16-17-15(21)20(14)13-5-3-4-6-13/h12-13H,3-11H2,1-2H3,(H,17,21). The van der Waals surface area contributed by atoms with E-state index in [0.29, 0.717) is 6.04 Å². The predicted molar refractivity (Wildman–Crippen MR) is 88.4 cm³/mol. The summed E-state index contributed by atoms with van der Waals surface area (Å²) >= 11 is 5.47. The second-order valence-electron chi connectivity index (χ2n) is 6.83. The summed E-state index contributed by atoms with van der Waals surface area (Å²) in [4.78, 5) is 4.73. The molecule has 1 aliphatic carbocycles. The molecule has 0 radical (unpaired) electrons. The number of hydrogen-bond acceptors (Lipinski definition) is 4. The fourth-order valence-corrected chi connectivity index (χ4v) is 4.12. The van der Waals surface area contributed by atoms with Crippen LogP contribution in [0, 0.1) is 10.7 Å². The minimum absolute atomic E-state index is 0.561. The molecular formula is C15H27N5S. The molecule has 0 amide bonds. The van der Waals surface area contributed by atoms with Crippen LogP contribution in [0.2, 0.25) is 0 Å². The zero-order valence-electron chi connectivity index (χ0n) is 13.2. The number of H-pyrrole nitrogens is 1. The minimum Gasteiger partial charge on any atom is -0.341 e. The maximum atomic E-state index is 5.47. The van der Waals surface area contributed by atoms with E-state index in [1.54, 1.807) is 0 Å². The fourth-order valence-electron chi connectivity index (χ4n) is 3.84. The Balaban J connectivity index is 1.69. The molecule has 2 heterocycles. The van der Waals surface area contributed by atoms with Gasteiger partial charge in [0, 0.05) is 25.7 Å². The van der Waals surface area contributed by atoms with Crippen molar-refractivity contribution < 1.29 is 0 Å². The van der Waals surface area contributed by atoms with E-state index < -0.39 is 0 Å². The third kappa shape index (κ3) is 3.31. The molecule has 6 heteroatoms. The van der Waals surface area contributed by atoms with Crippen molar-refractivity contribution in [3.8, 4) is 0 Å². The highest BCUT2D eigenvalue weighted by molar-refractivity contribution is 7.71. The number of nitrogens with one attached hydrogen (secondary N) is 1. The Kier molecular flexibility index (Phi) is 4.64. The summed E-state index contributed by atoms with van der Waals surface area (Å²) in [6, 6.07) is 0.561. The molecule has 21 heavy (non-hydrogen) atoms. The summed E-state index contributed by atoms with van der Waals surface area (Å²) < 4.78 is 3.08. The number of rotatable bonds is 4. The van der Waals surface area contributed by atoms with Gasteiger partial charge in [-0.1, -0.05) is 12.8 Å². The highest BCUT2D eigenvalue weighted by Gasteiger charge is 2.27. The first-order chi connectivity index (χ1) is 10.1. The molecule has 1 N–H and O–H groups in total. The Hall–Kier alpha value is -0.880. The van der Waals surface area contributed by atoms with Crippen molar-refractivity contribution in [1.82, 2.24) is 19.7 Å². The van der Waals surface area contributed by atoms with E-state index in [-0.39, 0.29) is 0 Å². The average molecular weight is 309 g/mol. The summed E-state index contributed by atoms with van der Waals surface area (Å²) in [6.45, 7) is 3.40. The zero-order valence-corrected chi connectivity index (χ0v) is 14.0. The van der Waals surface area contributed by atoms with Crippen molar-refractivity contribution in [2.75, 3.05) is 38.6 Å². The molecular weight excluding hydrogens is 282 g/mol. The molecule has 1 aromatic heterocycles. The number of nitrogens with zero attached hydrogens (tertiary/aromatic N) is 4. The predicted octanol–water partition coefficient (Wildman–Crippen LogP) is 2.83. The van der Waals surface area contributed by atoms with Crippen molar-refractivity contribution in [3.05, 3.63) is 4.77 Å². The van der Waals surface area contributed by atoms with Gasteiger partial charge in [0.25, 0.3) is 0 Å². The Morgan fingerprint density at radius 3 is 2.48 bits per heavy atom. The Bertz CT molecular complexity index is 506. The normalized spacial score (nSPS) is 21.6. The van der Waals surface area contributed by atoms with Gasteiger partial charge in [-0.3, -0.25) is 4.57 Å². The third-order valence-electron chi connectivity index (χ3n) is 4.90. The first kappa shape index (κ1) is 15.0. The van der Waals surface area contributed by atoms with Gasteiger partial charge in [-0.05, 0) is 57.9 Å². The molecule has 0 unspecified atom stereocenters. The van der Waals surface area contributed by atoms with E-state index >= 15 is 0 Å². The fraction of sp³-hybridized carbons (Fsp3) is 0.867. The Labute approximate surface area is 132 Å². The van der Waals surface area contributed by atoms with Crippen LogP contribution in [0.25, 0.3) is 0 Å². The molecule has 5 nitrogen and oxygen atoms in total. The topological polar surface area (TPSA) is 40.1 Å². The largest absolute Gasteiger partial charge is 0.341 e. The molecule has 3 rings (SSSR count). The van der Waals surface area contributed by atoms with Gasteiger partial charge in [-0.25, -0.2) is 5.10 Å². The van der Waals surface area contributed by atoms with Crippen molar-refractivity contribution in [2.24, 2.45) is 5.92 Å². The number of hydrogen-bond donors (Lipinski definition) is 1. The van der Waals surface area contributed by atoms with E-state index in [2.05, 4.69) is 38.7 Å². The minimum atomic E-state index is 0.561. The summed E-state index contributed by atoms with van der Waals surface area (Å²) in [6.07, 6.45) is 7.64. The SMILES string of the molecule is CN(C)CC1CCN(c2n[nH]c(=S)n2C2CCCC2)CC1. The molecule has 2 aliphatic rings. The molecule has 0 atom stereocenters. The number of aromatic amines is 1. The first-order valence-corrected chi connectivity index (χ1v) is 8.62. The maximum Gasteiger partial charge on any atom is 0.225 e. The molecule has 0 aromatic carbocycles. The van der Waals surface area contributed by atoms with E-state index in [1.807, 2.05) is 0 Å². The van der Waals surface area contributed by atoms with Gasteiger partial charge in [0.05, 0.1) is 0 Å². The van der Waals surface area contributed by atoms with Crippen LogP contribution in [0.1, 0.15) is 44.6 Å². The quantitative estimate of drug-likeness (QED) is 0.868. The van der Waals surface area contributed by atoms with E-state index in [0.717, 1.165) is 29.7 Å². The molecule has 0 spiro atoms. The smallest absolute Gasteiger partial charge is 0.225 e. The first-order valence-electron chi connectivity index (χ1n) is 8.21. The summed E-state index contributed by atoms with van der Waals surface area (Å²) in [5, 5.41) is 7.55. The average Bonchev–Trinajstić information content (AvgIpc) is 3.08. The van der Waals surface area contributed by atoms with Crippen molar-refractivity contribution in [2.45, 2.75) is 44.6 Å². The lowest BCUT2D eigenvalue weighted by atomic mass is 9.96. The van der Waals surface area contributed by atoms with Gasteiger partial charge < -0.3 is 9.80 Å². The summed E-state index contributed by atoms with van der Waals surface area (Å²) in [5.74, 6) is 1.90. The van der Waals surface area contributed by atoms with E-state index in [1.165, 1.54) is 45.1 Å². The molecule has 1 aromatic rings. The van der Waals surface area contributed by atoms with Gasteiger partial charge in [-0.2, -0.15) is 0 Å². The van der Waals surface area contributed by atoms with Crippen molar-refractivity contribution in [3.63, 3.8) is 0 Å². The van der Waals surface area contributed by atoms with Crippen LogP contribution in [0.5, 0.6) is 0 Å². The van der Waals surface area contributed by atoms with E-state index in [4.69, 9.17) is 12.2 Å². The molecule has 2 fully saturated rings. The third-order valence-corrected chi connectivity index (χ3v) is 5.18. The second kappa shape index (κ2) is 6.48. The molecule has 118 valence electrons. The summed E-state index contributed by atoms with van der Waals surface area (Å²) in [7, 11) is 4.33. The molecule has 1 aliphatic heterocycles. The van der Waals surface area contributed by atoms with E-state index in [9.17, 15) is 0 Å². The van der Waals surface area contributed by atoms with Gasteiger partial charge in [-0.15, -0.1) is 5.10 Å². The lowest BCUT2D eigenvalue weighted by molar-refractivity contribution is 0.283. The van der Waals surface area contributed by atoms with Crippen LogP contribution in [0.15, 0.2) is 0 Å². The highest BCUT2D eigenvalue weighted by Crippen LogP contribution is 2.33. The highest BCUT2D eigenvalue weighted by atomic mass is 32.1. The van der Waals surface area contributed by atoms with Crippen molar-refractivity contribution in [1.29, 1.82) is 0 Å². The van der Waals surface area contributed by atoms with Crippen LogP contribution in [-0.4, -0.2) is 53.4 Å². The number of aromatic nitrogens is 3. The zero-order chi connectivity index (χ0) is 14.8. The lowest BCUT2D eigenvalue weighted by Crippen LogP contribution is -2.38. The summed E-state index contributed by atoms with van der Waals surface area (Å²) in [5.41, 5.74) is 0. The van der Waals surface area contributed by atoms with Gasteiger partial charge in [0.2, 0.25) is 5.95 Å². The molecule has 0 bridgehead atoms. The Morgan fingerprint density at radius 2 is 1.86 bits per heavy atom. The number of anilines is 1. The van der Waals surface area contributed by atoms with Gasteiger partial charge >= 0.3 is 0 Å². The monoisotopic (exact) mass is 309 g/mol. The maximum absolute atomic E-state index is 5.47. The molecule has 1 saturated heterocycles.